The Morgan fingerprint density at radius 2 is 2.06 bits per heavy atom. The van der Waals surface area contributed by atoms with Crippen LogP contribution in [-0.2, 0) is 20.2 Å². The molecule has 0 aliphatic heterocycles. The SMILES string of the molecule is CC(C)(C)c1cn2cccc(CS(=O)(=O)Cl)c2n1. The smallest absolute Gasteiger partial charge is 0.236 e. The van der Waals surface area contributed by atoms with Crippen LogP contribution in [0.2, 0.25) is 0 Å². The Morgan fingerprint density at radius 1 is 1.39 bits per heavy atom. The van der Waals surface area contributed by atoms with Crippen LogP contribution in [0.25, 0.3) is 5.65 Å². The zero-order valence-corrected chi connectivity index (χ0v) is 12.1. The van der Waals surface area contributed by atoms with Gasteiger partial charge in [0.2, 0.25) is 9.05 Å². The van der Waals surface area contributed by atoms with E-state index in [1.165, 1.54) is 0 Å². The van der Waals surface area contributed by atoms with Crippen molar-refractivity contribution in [1.29, 1.82) is 0 Å². The average Bonchev–Trinajstić information content (AvgIpc) is 2.59. The van der Waals surface area contributed by atoms with Crippen molar-refractivity contribution in [2.24, 2.45) is 0 Å². The number of hydrogen-bond donors (Lipinski definition) is 0. The van der Waals surface area contributed by atoms with E-state index in [1.54, 1.807) is 12.1 Å². The van der Waals surface area contributed by atoms with E-state index in [9.17, 15) is 8.42 Å². The number of imidazole rings is 1. The molecule has 0 amide bonds. The fourth-order valence-electron chi connectivity index (χ4n) is 1.73. The normalized spacial score (nSPS) is 13.1. The van der Waals surface area contributed by atoms with Crippen molar-refractivity contribution in [3.8, 4) is 0 Å². The third kappa shape index (κ3) is 2.84. The van der Waals surface area contributed by atoms with Gasteiger partial charge >= 0.3 is 0 Å². The third-order valence-corrected chi connectivity index (χ3v) is 3.64. The molecule has 0 aromatic carbocycles. The summed E-state index contributed by atoms with van der Waals surface area (Å²) in [5.74, 6) is -0.209. The lowest BCUT2D eigenvalue weighted by molar-refractivity contribution is 0.573. The van der Waals surface area contributed by atoms with Crippen LogP contribution < -0.4 is 0 Å². The molecule has 0 bridgehead atoms. The van der Waals surface area contributed by atoms with Crippen LogP contribution in [0.1, 0.15) is 32.0 Å². The number of pyridine rings is 1. The van der Waals surface area contributed by atoms with Crippen molar-refractivity contribution in [2.75, 3.05) is 0 Å². The molecule has 0 unspecified atom stereocenters. The van der Waals surface area contributed by atoms with Crippen LogP contribution in [0.5, 0.6) is 0 Å². The molecule has 98 valence electrons. The van der Waals surface area contributed by atoms with Crippen molar-refractivity contribution in [3.63, 3.8) is 0 Å². The zero-order valence-electron chi connectivity index (χ0n) is 10.5. The van der Waals surface area contributed by atoms with Crippen LogP contribution in [0, 0.1) is 0 Å². The number of hydrogen-bond acceptors (Lipinski definition) is 3. The van der Waals surface area contributed by atoms with E-state index in [1.807, 2.05) is 16.8 Å². The molecule has 6 heteroatoms. The van der Waals surface area contributed by atoms with E-state index in [4.69, 9.17) is 10.7 Å². The van der Waals surface area contributed by atoms with Crippen LogP contribution in [0.15, 0.2) is 24.5 Å². The predicted molar refractivity (Wildman–Crippen MR) is 72.4 cm³/mol. The van der Waals surface area contributed by atoms with Gasteiger partial charge in [-0.05, 0) is 6.07 Å². The second-order valence-electron chi connectivity index (χ2n) is 5.32. The first-order chi connectivity index (χ1) is 8.17. The van der Waals surface area contributed by atoms with Crippen molar-refractivity contribution in [2.45, 2.75) is 31.9 Å². The highest BCUT2D eigenvalue weighted by Crippen LogP contribution is 2.23. The largest absolute Gasteiger partial charge is 0.307 e. The minimum atomic E-state index is -3.58. The molecule has 0 radical (unpaired) electrons. The molecular weight excluding hydrogens is 272 g/mol. The van der Waals surface area contributed by atoms with Crippen LogP contribution in [0.4, 0.5) is 0 Å². The summed E-state index contributed by atoms with van der Waals surface area (Å²) < 4.78 is 24.2. The maximum Gasteiger partial charge on any atom is 0.236 e. The Labute approximate surface area is 111 Å². The molecule has 0 atom stereocenters. The second kappa shape index (κ2) is 4.24. The highest BCUT2D eigenvalue weighted by molar-refractivity contribution is 8.13. The van der Waals surface area contributed by atoms with E-state index in [0.717, 1.165) is 5.69 Å². The molecule has 2 aromatic rings. The number of nitrogens with zero attached hydrogens (tertiary/aromatic N) is 2. The third-order valence-electron chi connectivity index (χ3n) is 2.66. The quantitative estimate of drug-likeness (QED) is 0.798. The average molecular weight is 287 g/mol. The maximum absolute atomic E-state index is 11.2. The molecule has 0 spiro atoms. The molecule has 0 aliphatic rings. The number of halogens is 1. The molecule has 0 saturated carbocycles. The van der Waals surface area contributed by atoms with E-state index < -0.39 is 9.05 Å². The predicted octanol–water partition coefficient (Wildman–Crippen LogP) is 2.70. The fraction of sp³-hybridized carbons (Fsp3) is 0.417. The topological polar surface area (TPSA) is 51.4 Å². The van der Waals surface area contributed by atoms with E-state index in [-0.39, 0.29) is 11.2 Å². The van der Waals surface area contributed by atoms with Gasteiger partial charge in [0.15, 0.2) is 0 Å². The van der Waals surface area contributed by atoms with E-state index in [0.29, 0.717) is 11.2 Å². The Kier molecular flexibility index (Phi) is 3.15. The van der Waals surface area contributed by atoms with Crippen LogP contribution in [-0.4, -0.2) is 17.8 Å². The van der Waals surface area contributed by atoms with Crippen molar-refractivity contribution >= 4 is 25.4 Å². The summed E-state index contributed by atoms with van der Waals surface area (Å²) >= 11 is 0. The number of fused-ring (bicyclic) bond motifs is 1. The molecule has 18 heavy (non-hydrogen) atoms. The summed E-state index contributed by atoms with van der Waals surface area (Å²) in [6.07, 6.45) is 3.77. The van der Waals surface area contributed by atoms with Gasteiger partial charge in [-0.3, -0.25) is 0 Å². The Balaban J connectivity index is 2.60. The van der Waals surface area contributed by atoms with Crippen molar-refractivity contribution in [1.82, 2.24) is 9.38 Å². The van der Waals surface area contributed by atoms with E-state index in [2.05, 4.69) is 25.8 Å². The van der Waals surface area contributed by atoms with Crippen LogP contribution >= 0.6 is 10.7 Å². The minimum absolute atomic E-state index is 0.0802. The minimum Gasteiger partial charge on any atom is -0.307 e. The summed E-state index contributed by atoms with van der Waals surface area (Å²) in [6, 6.07) is 3.52. The highest BCUT2D eigenvalue weighted by atomic mass is 35.7. The summed E-state index contributed by atoms with van der Waals surface area (Å²) in [7, 11) is 1.72. The van der Waals surface area contributed by atoms with Crippen LogP contribution in [0.3, 0.4) is 0 Å². The van der Waals surface area contributed by atoms with Gasteiger partial charge in [0.1, 0.15) is 5.65 Å². The molecule has 2 aromatic heterocycles. The zero-order chi connectivity index (χ0) is 13.6. The molecule has 0 aliphatic carbocycles. The van der Waals surface area contributed by atoms with Gasteiger partial charge in [0.05, 0.1) is 11.4 Å². The van der Waals surface area contributed by atoms with E-state index >= 15 is 0 Å². The molecule has 2 heterocycles. The monoisotopic (exact) mass is 286 g/mol. The standard InChI is InChI=1S/C12H15ClN2O2S/c1-12(2,3)10-7-15-6-4-5-9(11(15)14-10)8-18(13,16)17/h4-7H,8H2,1-3H3. The highest BCUT2D eigenvalue weighted by Gasteiger charge is 2.19. The molecule has 4 nitrogen and oxygen atoms in total. The van der Waals surface area contributed by atoms with Gasteiger partial charge < -0.3 is 4.40 Å². The summed E-state index contributed by atoms with van der Waals surface area (Å²) in [4.78, 5) is 4.51. The summed E-state index contributed by atoms with van der Waals surface area (Å²) in [6.45, 7) is 6.19. The first-order valence-electron chi connectivity index (χ1n) is 5.56. The van der Waals surface area contributed by atoms with Gasteiger partial charge in [-0.25, -0.2) is 13.4 Å². The number of rotatable bonds is 2. The van der Waals surface area contributed by atoms with Gasteiger partial charge in [0.25, 0.3) is 0 Å². The molecule has 2 rings (SSSR count). The molecule has 0 N–H and O–H groups in total. The van der Waals surface area contributed by atoms with Gasteiger partial charge in [0, 0.05) is 34.1 Å². The Bertz CT molecular complexity index is 684. The summed E-state index contributed by atoms with van der Waals surface area (Å²) in [5, 5.41) is 0. The number of aromatic nitrogens is 2. The summed E-state index contributed by atoms with van der Waals surface area (Å²) in [5.41, 5.74) is 2.10. The van der Waals surface area contributed by atoms with Gasteiger partial charge in [-0.15, -0.1) is 0 Å². The maximum atomic E-state index is 11.2. The van der Waals surface area contributed by atoms with Crippen molar-refractivity contribution in [3.05, 3.63) is 35.8 Å². The molecule has 0 saturated heterocycles. The first-order valence-corrected chi connectivity index (χ1v) is 8.04. The first kappa shape index (κ1) is 13.4. The Hall–Kier alpha value is -1.07. The van der Waals surface area contributed by atoms with Gasteiger partial charge in [-0.2, -0.15) is 0 Å². The fourth-order valence-corrected chi connectivity index (χ4v) is 2.68. The lowest BCUT2D eigenvalue weighted by atomic mass is 9.93. The molecule has 0 fully saturated rings. The Morgan fingerprint density at radius 3 is 2.61 bits per heavy atom. The second-order valence-corrected chi connectivity index (χ2v) is 8.10. The van der Waals surface area contributed by atoms with Gasteiger partial charge in [-0.1, -0.05) is 26.8 Å². The lowest BCUT2D eigenvalue weighted by Crippen LogP contribution is -2.11. The lowest BCUT2D eigenvalue weighted by Gasteiger charge is -2.13. The molecular formula is C12H15ClN2O2S. The van der Waals surface area contributed by atoms with Crippen molar-refractivity contribution < 1.29 is 8.42 Å².